The van der Waals surface area contributed by atoms with Gasteiger partial charge in [0.25, 0.3) is 0 Å². The van der Waals surface area contributed by atoms with Crippen LogP contribution in [0.15, 0.2) is 23.6 Å². The summed E-state index contributed by atoms with van der Waals surface area (Å²) in [5.41, 5.74) is 9.14. The van der Waals surface area contributed by atoms with Gasteiger partial charge in [0.05, 0.1) is 12.8 Å². The maximum Gasteiger partial charge on any atom is 0.180 e. The van der Waals surface area contributed by atoms with Gasteiger partial charge >= 0.3 is 0 Å². The number of nitrogens with two attached hydrogens (primary N) is 1. The summed E-state index contributed by atoms with van der Waals surface area (Å²) in [6.07, 6.45) is 6.66. The molecule has 3 rings (SSSR count). The van der Waals surface area contributed by atoms with Crippen LogP contribution in [-0.4, -0.2) is 12.1 Å². The zero-order chi connectivity index (χ0) is 13.9. The fraction of sp³-hybridized carbons (Fsp3) is 0.438. The Kier molecular flexibility index (Phi) is 3.92. The molecule has 1 aromatic heterocycles. The smallest absolute Gasteiger partial charge is 0.180 e. The van der Waals surface area contributed by atoms with Gasteiger partial charge < -0.3 is 10.5 Å². The molecule has 20 heavy (non-hydrogen) atoms. The van der Waals surface area contributed by atoms with E-state index in [-0.39, 0.29) is 0 Å². The molecule has 2 aromatic rings. The Hall–Kier alpha value is -1.55. The molecule has 0 bridgehead atoms. The predicted molar refractivity (Wildman–Crippen MR) is 84.3 cm³/mol. The highest BCUT2D eigenvalue weighted by atomic mass is 32.1. The molecular formula is C16H20N2OS. The number of anilines is 1. The molecule has 0 atom stereocenters. The second-order valence-electron chi connectivity index (χ2n) is 5.37. The monoisotopic (exact) mass is 288 g/mol. The van der Waals surface area contributed by atoms with Crippen molar-refractivity contribution in [3.63, 3.8) is 0 Å². The number of hydrogen-bond donors (Lipinski definition) is 1. The molecule has 1 fully saturated rings. The van der Waals surface area contributed by atoms with E-state index >= 15 is 0 Å². The molecule has 0 saturated heterocycles. The van der Waals surface area contributed by atoms with Crippen LogP contribution < -0.4 is 10.5 Å². The Morgan fingerprint density at radius 2 is 2.05 bits per heavy atom. The first kappa shape index (κ1) is 13.4. The summed E-state index contributed by atoms with van der Waals surface area (Å²) in [6.45, 7) is 0. The number of nitrogens with zero attached hydrogens (tertiary/aromatic N) is 1. The van der Waals surface area contributed by atoms with Crippen molar-refractivity contribution in [1.29, 1.82) is 0 Å². The number of methoxy groups -OCH3 is 1. The van der Waals surface area contributed by atoms with Gasteiger partial charge in [-0.2, -0.15) is 0 Å². The average molecular weight is 288 g/mol. The van der Waals surface area contributed by atoms with Crippen LogP contribution in [0.5, 0.6) is 5.75 Å². The molecule has 2 N–H and O–H groups in total. The highest BCUT2D eigenvalue weighted by molar-refractivity contribution is 7.13. The SMILES string of the molecule is COc1ccc(C2CCCCC2)cc1-c1csc(N)n1. The van der Waals surface area contributed by atoms with E-state index in [2.05, 4.69) is 23.2 Å². The van der Waals surface area contributed by atoms with E-state index in [4.69, 9.17) is 10.5 Å². The average Bonchev–Trinajstić information content (AvgIpc) is 2.94. The zero-order valence-corrected chi connectivity index (χ0v) is 12.6. The summed E-state index contributed by atoms with van der Waals surface area (Å²) in [4.78, 5) is 4.39. The lowest BCUT2D eigenvalue weighted by atomic mass is 9.83. The lowest BCUT2D eigenvalue weighted by Crippen LogP contribution is -2.05. The lowest BCUT2D eigenvalue weighted by Gasteiger charge is -2.22. The highest BCUT2D eigenvalue weighted by Crippen LogP contribution is 2.38. The van der Waals surface area contributed by atoms with Crippen LogP contribution in [0.4, 0.5) is 5.13 Å². The number of thiazole rings is 1. The second-order valence-corrected chi connectivity index (χ2v) is 6.26. The first-order chi connectivity index (χ1) is 9.78. The van der Waals surface area contributed by atoms with Crippen molar-refractivity contribution in [2.75, 3.05) is 12.8 Å². The van der Waals surface area contributed by atoms with Crippen molar-refractivity contribution in [2.24, 2.45) is 0 Å². The first-order valence-electron chi connectivity index (χ1n) is 7.17. The van der Waals surface area contributed by atoms with Gasteiger partial charge in [-0.3, -0.25) is 0 Å². The van der Waals surface area contributed by atoms with Crippen molar-refractivity contribution < 1.29 is 4.74 Å². The maximum atomic E-state index is 5.75. The molecule has 1 saturated carbocycles. The molecule has 0 amide bonds. The van der Waals surface area contributed by atoms with E-state index in [1.807, 2.05) is 5.38 Å². The minimum atomic E-state index is 0.602. The van der Waals surface area contributed by atoms with Gasteiger partial charge in [-0.05, 0) is 36.5 Å². The summed E-state index contributed by atoms with van der Waals surface area (Å²) >= 11 is 1.47. The Morgan fingerprint density at radius 3 is 2.70 bits per heavy atom. The number of rotatable bonds is 3. The van der Waals surface area contributed by atoms with Gasteiger partial charge in [-0.1, -0.05) is 25.3 Å². The van der Waals surface area contributed by atoms with E-state index < -0.39 is 0 Å². The zero-order valence-electron chi connectivity index (χ0n) is 11.8. The molecule has 0 aliphatic heterocycles. The molecule has 0 unspecified atom stereocenters. The van der Waals surface area contributed by atoms with Gasteiger partial charge in [-0.25, -0.2) is 4.98 Å². The van der Waals surface area contributed by atoms with E-state index in [1.54, 1.807) is 7.11 Å². The summed E-state index contributed by atoms with van der Waals surface area (Å²) in [7, 11) is 1.70. The van der Waals surface area contributed by atoms with E-state index in [1.165, 1.54) is 49.0 Å². The molecule has 1 heterocycles. The van der Waals surface area contributed by atoms with Crippen LogP contribution >= 0.6 is 11.3 Å². The third kappa shape index (κ3) is 2.66. The Bertz CT molecular complexity index is 588. The molecule has 106 valence electrons. The molecule has 1 aliphatic rings. The van der Waals surface area contributed by atoms with Crippen molar-refractivity contribution >= 4 is 16.5 Å². The molecule has 1 aromatic carbocycles. The number of aromatic nitrogens is 1. The number of benzene rings is 1. The molecule has 3 nitrogen and oxygen atoms in total. The van der Waals surface area contributed by atoms with Gasteiger partial charge in [-0.15, -0.1) is 11.3 Å². The van der Waals surface area contributed by atoms with Crippen molar-refractivity contribution in [2.45, 2.75) is 38.0 Å². The van der Waals surface area contributed by atoms with Gasteiger partial charge in [0, 0.05) is 10.9 Å². The summed E-state index contributed by atoms with van der Waals surface area (Å²) in [6, 6.07) is 6.51. The topological polar surface area (TPSA) is 48.1 Å². The van der Waals surface area contributed by atoms with Crippen LogP contribution in [0.2, 0.25) is 0 Å². The number of nitrogen functional groups attached to an aromatic ring is 1. The number of hydrogen-bond acceptors (Lipinski definition) is 4. The summed E-state index contributed by atoms with van der Waals surface area (Å²) in [5.74, 6) is 1.55. The van der Waals surface area contributed by atoms with Crippen LogP contribution in [0.1, 0.15) is 43.6 Å². The number of ether oxygens (including phenoxy) is 1. The third-order valence-corrected chi connectivity index (χ3v) is 4.77. The molecule has 1 aliphatic carbocycles. The quantitative estimate of drug-likeness (QED) is 0.907. The minimum absolute atomic E-state index is 0.602. The van der Waals surface area contributed by atoms with Crippen molar-refractivity contribution in [3.8, 4) is 17.0 Å². The Morgan fingerprint density at radius 1 is 1.25 bits per heavy atom. The van der Waals surface area contributed by atoms with Gasteiger partial charge in [0.15, 0.2) is 5.13 Å². The predicted octanol–water partition coefficient (Wildman–Crippen LogP) is 4.45. The normalized spacial score (nSPS) is 16.2. The largest absolute Gasteiger partial charge is 0.496 e. The Balaban J connectivity index is 1.98. The molecule has 0 radical (unpaired) electrons. The third-order valence-electron chi connectivity index (χ3n) is 4.10. The van der Waals surface area contributed by atoms with E-state index in [9.17, 15) is 0 Å². The molecular weight excluding hydrogens is 268 g/mol. The van der Waals surface area contributed by atoms with Gasteiger partial charge in [0.2, 0.25) is 0 Å². The fourth-order valence-corrected chi connectivity index (χ4v) is 3.59. The standard InChI is InChI=1S/C16H20N2OS/c1-19-15-8-7-12(11-5-3-2-4-6-11)9-13(15)14-10-20-16(17)18-14/h7-11H,2-6H2,1H3,(H2,17,18). The summed E-state index contributed by atoms with van der Waals surface area (Å²) in [5, 5.41) is 2.60. The first-order valence-corrected chi connectivity index (χ1v) is 8.05. The van der Waals surface area contributed by atoms with Crippen LogP contribution in [0, 0.1) is 0 Å². The minimum Gasteiger partial charge on any atom is -0.496 e. The maximum absolute atomic E-state index is 5.75. The second kappa shape index (κ2) is 5.83. The van der Waals surface area contributed by atoms with Crippen LogP contribution in [-0.2, 0) is 0 Å². The van der Waals surface area contributed by atoms with Gasteiger partial charge in [0.1, 0.15) is 5.75 Å². The fourth-order valence-electron chi connectivity index (χ4n) is 3.03. The van der Waals surface area contributed by atoms with Crippen LogP contribution in [0.25, 0.3) is 11.3 Å². The Labute approximate surface area is 123 Å². The molecule has 0 spiro atoms. The lowest BCUT2D eigenvalue weighted by molar-refractivity contribution is 0.414. The van der Waals surface area contributed by atoms with E-state index in [0.717, 1.165) is 17.0 Å². The summed E-state index contributed by atoms with van der Waals surface area (Å²) < 4.78 is 5.48. The van der Waals surface area contributed by atoms with Crippen molar-refractivity contribution in [1.82, 2.24) is 4.98 Å². The molecule has 4 heteroatoms. The van der Waals surface area contributed by atoms with Crippen molar-refractivity contribution in [3.05, 3.63) is 29.1 Å². The highest BCUT2D eigenvalue weighted by Gasteiger charge is 2.18. The van der Waals surface area contributed by atoms with Crippen LogP contribution in [0.3, 0.4) is 0 Å². The van der Waals surface area contributed by atoms with E-state index in [0.29, 0.717) is 11.0 Å².